The van der Waals surface area contributed by atoms with E-state index in [-0.39, 0.29) is 12.6 Å². The van der Waals surface area contributed by atoms with Gasteiger partial charge in [0.05, 0.1) is 30.5 Å². The van der Waals surface area contributed by atoms with Gasteiger partial charge in [-0.25, -0.2) is 14.4 Å². The maximum absolute atomic E-state index is 12.8. The van der Waals surface area contributed by atoms with E-state index in [1.54, 1.807) is 55.1 Å². The molecule has 3 rings (SSSR count). The Bertz CT molecular complexity index is 1100. The number of nitrogens with zero attached hydrogens (tertiary/aromatic N) is 1. The molecular weight excluding hydrogens is 448 g/mol. The van der Waals surface area contributed by atoms with Crippen molar-refractivity contribution in [2.75, 3.05) is 30.4 Å². The van der Waals surface area contributed by atoms with Gasteiger partial charge >= 0.3 is 18.0 Å². The van der Waals surface area contributed by atoms with Crippen molar-refractivity contribution >= 4 is 29.4 Å². The molecule has 1 aliphatic heterocycles. The number of amides is 4. The van der Waals surface area contributed by atoms with E-state index in [0.717, 1.165) is 6.42 Å². The van der Waals surface area contributed by atoms with Gasteiger partial charge in [-0.05, 0) is 57.0 Å². The van der Waals surface area contributed by atoms with E-state index in [0.29, 0.717) is 47.1 Å². The van der Waals surface area contributed by atoms with Gasteiger partial charge in [-0.1, -0.05) is 31.2 Å². The van der Waals surface area contributed by atoms with Gasteiger partial charge in [0.2, 0.25) is 0 Å². The predicted octanol–water partition coefficient (Wildman–Crippen LogP) is 5.04. The van der Waals surface area contributed by atoms with Crippen LogP contribution in [0.1, 0.15) is 45.7 Å². The third-order valence-corrected chi connectivity index (χ3v) is 5.48. The zero-order valence-electron chi connectivity index (χ0n) is 20.5. The van der Waals surface area contributed by atoms with Gasteiger partial charge in [-0.2, -0.15) is 0 Å². The van der Waals surface area contributed by atoms with Crippen LogP contribution in [-0.4, -0.2) is 42.7 Å². The lowest BCUT2D eigenvalue weighted by Crippen LogP contribution is -2.48. The molecule has 2 aromatic carbocycles. The van der Waals surface area contributed by atoms with Crippen molar-refractivity contribution in [1.29, 1.82) is 0 Å². The number of carbonyl (C=O) groups excluding carboxylic acids is 3. The molecule has 9 nitrogen and oxygen atoms in total. The number of urea groups is 2. The Labute approximate surface area is 205 Å². The van der Waals surface area contributed by atoms with E-state index in [1.165, 1.54) is 0 Å². The molecule has 0 saturated carbocycles. The molecule has 2 aromatic rings. The zero-order chi connectivity index (χ0) is 25.4. The summed E-state index contributed by atoms with van der Waals surface area (Å²) in [6, 6.07) is 12.8. The number of ether oxygens (including phenoxy) is 2. The molecule has 35 heavy (non-hydrogen) atoms. The van der Waals surface area contributed by atoms with E-state index in [9.17, 15) is 14.4 Å². The van der Waals surface area contributed by atoms with Crippen LogP contribution in [0.4, 0.5) is 21.0 Å². The summed E-state index contributed by atoms with van der Waals surface area (Å²) < 4.78 is 10.8. The summed E-state index contributed by atoms with van der Waals surface area (Å²) in [6.45, 7) is 8.55. The molecule has 0 radical (unpaired) electrons. The molecule has 0 saturated heterocycles. The molecule has 0 aliphatic carbocycles. The summed E-state index contributed by atoms with van der Waals surface area (Å²) >= 11 is 0. The van der Waals surface area contributed by atoms with Crippen LogP contribution in [0.3, 0.4) is 0 Å². The molecule has 186 valence electrons. The molecule has 9 heteroatoms. The summed E-state index contributed by atoms with van der Waals surface area (Å²) in [4.78, 5) is 39.6. The van der Waals surface area contributed by atoms with Crippen LogP contribution >= 0.6 is 0 Å². The van der Waals surface area contributed by atoms with Crippen LogP contribution in [0, 0.1) is 0 Å². The Hall–Kier alpha value is -4.01. The van der Waals surface area contributed by atoms with Crippen molar-refractivity contribution in [2.45, 2.75) is 40.2 Å². The number of benzene rings is 2. The normalized spacial score (nSPS) is 15.4. The molecule has 0 bridgehead atoms. The fraction of sp³-hybridized carbons (Fsp3) is 0.346. The van der Waals surface area contributed by atoms with E-state index in [4.69, 9.17) is 9.47 Å². The van der Waals surface area contributed by atoms with Gasteiger partial charge in [-0.15, -0.1) is 0 Å². The molecule has 4 amide bonds. The number of allylic oxidation sites excluding steroid dienone is 1. The Kier molecular flexibility index (Phi) is 8.72. The third kappa shape index (κ3) is 6.11. The van der Waals surface area contributed by atoms with E-state index < -0.39 is 18.0 Å². The second kappa shape index (κ2) is 11.9. The van der Waals surface area contributed by atoms with Gasteiger partial charge in [0, 0.05) is 17.9 Å². The van der Waals surface area contributed by atoms with Gasteiger partial charge < -0.3 is 25.4 Å². The highest BCUT2D eigenvalue weighted by atomic mass is 16.5. The SMILES string of the molecule is CCCN1C(=O)NC(c2ccc(NC(=O)Nc3ccccc3OCC)cc2)C(C(=O)OCC)=C1C. The molecule has 0 spiro atoms. The number of hydrogen-bond donors (Lipinski definition) is 3. The smallest absolute Gasteiger partial charge is 0.338 e. The second-order valence-electron chi connectivity index (χ2n) is 7.88. The van der Waals surface area contributed by atoms with Crippen LogP contribution in [0.25, 0.3) is 0 Å². The van der Waals surface area contributed by atoms with E-state index >= 15 is 0 Å². The monoisotopic (exact) mass is 480 g/mol. The Morgan fingerprint density at radius 2 is 1.71 bits per heavy atom. The van der Waals surface area contributed by atoms with Crippen LogP contribution in [0.2, 0.25) is 0 Å². The largest absolute Gasteiger partial charge is 0.492 e. The molecule has 0 aromatic heterocycles. The van der Waals surface area contributed by atoms with Crippen LogP contribution in [0.15, 0.2) is 59.8 Å². The summed E-state index contributed by atoms with van der Waals surface area (Å²) in [7, 11) is 0. The number of para-hydroxylation sites is 2. The minimum Gasteiger partial charge on any atom is -0.492 e. The van der Waals surface area contributed by atoms with Gasteiger partial charge in [0.15, 0.2) is 0 Å². The van der Waals surface area contributed by atoms with Crippen LogP contribution in [0.5, 0.6) is 5.75 Å². The lowest BCUT2D eigenvalue weighted by Gasteiger charge is -2.35. The summed E-state index contributed by atoms with van der Waals surface area (Å²) in [5, 5.41) is 8.47. The number of anilines is 2. The summed E-state index contributed by atoms with van der Waals surface area (Å²) in [5.74, 6) is 0.116. The number of hydrogen-bond acceptors (Lipinski definition) is 5. The molecule has 3 N–H and O–H groups in total. The lowest BCUT2D eigenvalue weighted by molar-refractivity contribution is -0.139. The van der Waals surface area contributed by atoms with Crippen molar-refractivity contribution in [2.24, 2.45) is 0 Å². The predicted molar refractivity (Wildman–Crippen MR) is 134 cm³/mol. The third-order valence-electron chi connectivity index (χ3n) is 5.48. The minimum absolute atomic E-state index is 0.231. The maximum atomic E-state index is 12.8. The van der Waals surface area contributed by atoms with Crippen molar-refractivity contribution in [3.63, 3.8) is 0 Å². The van der Waals surface area contributed by atoms with Gasteiger partial charge in [-0.3, -0.25) is 4.90 Å². The van der Waals surface area contributed by atoms with Crippen LogP contribution in [-0.2, 0) is 9.53 Å². The minimum atomic E-state index is -0.657. The first-order chi connectivity index (χ1) is 16.9. The lowest BCUT2D eigenvalue weighted by atomic mass is 9.94. The number of nitrogens with one attached hydrogen (secondary N) is 3. The molecule has 1 aliphatic rings. The molecule has 1 atom stereocenters. The second-order valence-corrected chi connectivity index (χ2v) is 7.88. The first-order valence-electron chi connectivity index (χ1n) is 11.7. The first-order valence-corrected chi connectivity index (χ1v) is 11.7. The standard InChI is InChI=1S/C26H32N4O5/c1-5-16-30-17(4)22(24(31)35-7-3)23(29-26(30)33)18-12-14-19(15-13-18)27-25(32)28-20-10-8-9-11-21(20)34-6-2/h8-15,23H,5-7,16H2,1-4H3,(H,29,33)(H2,27,28,32). The molecular formula is C26H32N4O5. The zero-order valence-corrected chi connectivity index (χ0v) is 20.5. The van der Waals surface area contributed by atoms with Crippen molar-refractivity contribution < 1.29 is 23.9 Å². The summed E-state index contributed by atoms with van der Waals surface area (Å²) in [6.07, 6.45) is 0.753. The van der Waals surface area contributed by atoms with Gasteiger partial charge in [0.25, 0.3) is 0 Å². The summed E-state index contributed by atoms with van der Waals surface area (Å²) in [5.41, 5.74) is 2.78. The van der Waals surface area contributed by atoms with Crippen molar-refractivity contribution in [3.05, 3.63) is 65.4 Å². The topological polar surface area (TPSA) is 109 Å². The number of carbonyl (C=O) groups is 3. The van der Waals surface area contributed by atoms with Crippen molar-refractivity contribution in [1.82, 2.24) is 10.2 Å². The average Bonchev–Trinajstić information content (AvgIpc) is 2.83. The van der Waals surface area contributed by atoms with E-state index in [2.05, 4.69) is 16.0 Å². The maximum Gasteiger partial charge on any atom is 0.338 e. The highest BCUT2D eigenvalue weighted by molar-refractivity contribution is 6.00. The highest BCUT2D eigenvalue weighted by Gasteiger charge is 2.36. The van der Waals surface area contributed by atoms with E-state index in [1.807, 2.05) is 26.0 Å². The average molecular weight is 481 g/mol. The Morgan fingerprint density at radius 3 is 2.37 bits per heavy atom. The molecule has 1 unspecified atom stereocenters. The van der Waals surface area contributed by atoms with Crippen LogP contribution < -0.4 is 20.7 Å². The fourth-order valence-corrected chi connectivity index (χ4v) is 3.89. The van der Waals surface area contributed by atoms with Gasteiger partial charge in [0.1, 0.15) is 5.75 Å². The highest BCUT2D eigenvalue weighted by Crippen LogP contribution is 2.32. The first kappa shape index (κ1) is 25.6. The molecule has 1 heterocycles. The Balaban J connectivity index is 1.78. The number of rotatable bonds is 9. The Morgan fingerprint density at radius 1 is 1.00 bits per heavy atom. The number of esters is 1. The van der Waals surface area contributed by atoms with Crippen molar-refractivity contribution in [3.8, 4) is 5.75 Å². The fourth-order valence-electron chi connectivity index (χ4n) is 3.89. The molecule has 0 fully saturated rings. The quantitative estimate of drug-likeness (QED) is 0.436.